The van der Waals surface area contributed by atoms with Gasteiger partial charge in [0.05, 0.1) is 61.4 Å². The van der Waals surface area contributed by atoms with E-state index < -0.39 is 41.9 Å². The minimum atomic E-state index is -4.05. The highest BCUT2D eigenvalue weighted by Gasteiger charge is 2.70. The largest absolute Gasteiger partial charge is 0.467 e. The number of rotatable bonds is 25. The lowest BCUT2D eigenvalue weighted by Gasteiger charge is -2.65. The Kier molecular flexibility index (Phi) is 34.0. The van der Waals surface area contributed by atoms with E-state index in [4.69, 9.17) is 28.6 Å². The van der Waals surface area contributed by atoms with Gasteiger partial charge in [-0.2, -0.15) is 13.2 Å². The lowest BCUT2D eigenvalue weighted by molar-refractivity contribution is -0.264. The molecule has 0 radical (unpaired) electrons. The highest BCUT2D eigenvalue weighted by molar-refractivity contribution is 7.80. The number of esters is 1. The number of aliphatic hydroxyl groups excluding tert-OH is 7. The molecule has 0 aromatic heterocycles. The first-order valence-electron chi connectivity index (χ1n) is 54.7. The molecular weight excluding hydrogens is 1730 g/mol. The molecule has 2 amide bonds. The standard InChI is InChI=1S/C34H51NO6.C27H43F3O.C27H44O3S.C26H44ClNO3/c1-21(10-13-30(38)35-28(31(39)41-4)18-22-8-6-5-7-9-22)25-11-12-26-24-19-29(37)34(40)20-23(36)14-17-33(34,3)27(24)15-16-32(25,26)2;1-17(6-5-7-18(2)27(28,29)30)22-10-11-23-21-9-8-19-16-20(31)12-14-25(19,3)24(21)13-15-26(22,23)4;1-16(5-6-18(28)13-17(2)31)21-7-8-22-20-15-25(30)24-14-19(29)9-11-27(24,4)23(20)10-12-26(21,22)3;1-16(4-7-24(31)28-13-12-27)19-5-6-20-18-15-23(30)22-14-17(29)8-10-26(22,3)21(18)9-11-25(19,20)2/h5-9,21,23-29,36-37,40H,10-20H2,1-4H3,(H,35,38);8,17-18,20-24,31H,5-7,9-16H2,1-4H3;16,19-25,29-30H,5-15H2,1-4H3;16-23,29-30H,4-15H2,1-3H3,(H,28,31)/t21?,23-,24?,25?,26?,27?,28?,29+,32?,33?,34-;;16?,19-,20?,21?,22?,23?,24+,25+,26?,27?;16?,17-,18?,19?,20?,21?,22+,23+,25?,26?/m1.11/s1. The first-order chi connectivity index (χ1) is 63.2. The Balaban J connectivity index is 0.000000144. The fourth-order valence-corrected chi connectivity index (χ4v) is 37.5. The Morgan fingerprint density at radius 1 is 0.493 bits per heavy atom. The van der Waals surface area contributed by atoms with E-state index in [1.54, 1.807) is 0 Å². The number of ketones is 1. The number of methoxy groups -OCH3 is 1. The average Bonchev–Trinajstić information content (AvgIpc) is 1.23. The summed E-state index contributed by atoms with van der Waals surface area (Å²) >= 11 is 10.8. The molecule has 15 fully saturated rings. The van der Waals surface area contributed by atoms with E-state index in [9.17, 15) is 73.2 Å². The molecule has 15 nitrogen and oxygen atoms in total. The number of benzene rings is 1. The molecule has 15 saturated carbocycles. The van der Waals surface area contributed by atoms with Crippen molar-refractivity contribution in [3.63, 3.8) is 0 Å². The van der Waals surface area contributed by atoms with Gasteiger partial charge in [-0.3, -0.25) is 14.4 Å². The molecule has 134 heavy (non-hydrogen) atoms. The molecule has 16 aliphatic rings. The Morgan fingerprint density at radius 2 is 0.925 bits per heavy atom. The number of Topliss-reactive ketones (excluding diaryl/α,β-unsaturated/α-hetero) is 1. The summed E-state index contributed by atoms with van der Waals surface area (Å²) in [6.45, 7) is 32.6. The molecule has 16 aliphatic carbocycles. The number of halogens is 4. The lowest BCUT2D eigenvalue weighted by atomic mass is 9.42. The molecule has 17 rings (SSSR count). The van der Waals surface area contributed by atoms with Crippen LogP contribution in [-0.4, -0.2) is 149 Å². The number of allylic oxidation sites excluding steroid dienone is 1. The van der Waals surface area contributed by atoms with Crippen LogP contribution in [0.2, 0.25) is 0 Å². The molecule has 0 aliphatic heterocycles. The van der Waals surface area contributed by atoms with Gasteiger partial charge in [0.1, 0.15) is 11.8 Å². The summed E-state index contributed by atoms with van der Waals surface area (Å²) in [5.74, 6) is 11.8. The summed E-state index contributed by atoms with van der Waals surface area (Å²) in [5, 5.41) is 92.2. The van der Waals surface area contributed by atoms with Crippen LogP contribution in [0.4, 0.5) is 13.2 Å². The number of carbonyl (C=O) groups excluding carboxylic acids is 4. The third-order valence-electron chi connectivity index (χ3n) is 44.6. The van der Waals surface area contributed by atoms with Gasteiger partial charge >= 0.3 is 12.1 Å². The van der Waals surface area contributed by atoms with Crippen molar-refractivity contribution in [2.24, 2.45) is 179 Å². The summed E-state index contributed by atoms with van der Waals surface area (Å²) < 4.78 is 43.6. The molecule has 0 spiro atoms. The second-order valence-corrected chi connectivity index (χ2v) is 52.1. The second kappa shape index (κ2) is 42.7. The zero-order valence-corrected chi connectivity index (χ0v) is 86.8. The van der Waals surface area contributed by atoms with Crippen LogP contribution < -0.4 is 10.6 Å². The molecular formula is C114H182ClF3N2O13S. The SMILES string of the molecule is CC(=S)CC(=O)CCC(C)C1CCC2C3C[C@H](O)[C@@H]4C[C@H](O)CCC4(C)C3CCC12C.CC(CCC(=O)NCCCl)C1CCC2C3C[C@H](O)[C@@H]4C[C@H](O)CCC4(C)C3CCC12C.CC(CCCC(C)C(F)(F)F)C1CCC2C3CC=C4CC(O)CCC4(C)C3CCC12C.COC(=O)C(Cc1ccccc1)NC(=O)CCC(C)C1CCC2C3C[C@H](O)[C@]4(O)C[C@H](O)CCC4(C)C3CCC12C. The fraction of sp³-hybridized carbons (Fsp3) is 0.886. The third-order valence-corrected chi connectivity index (χ3v) is 44.9. The molecule has 1 aromatic carbocycles. The molecule has 0 bridgehead atoms. The van der Waals surface area contributed by atoms with Crippen LogP contribution in [0, 0.1) is 179 Å². The van der Waals surface area contributed by atoms with Gasteiger partial charge in [0.15, 0.2) is 0 Å². The van der Waals surface area contributed by atoms with E-state index in [0.717, 1.165) is 157 Å². The number of hydrogen-bond donors (Lipinski definition) is 10. The molecule has 31 unspecified atom stereocenters. The van der Waals surface area contributed by atoms with Gasteiger partial charge in [-0.05, 0) is 410 Å². The number of thiocarbonyl (C=S) groups is 1. The van der Waals surface area contributed by atoms with Crippen molar-refractivity contribution < 1.29 is 77.9 Å². The Morgan fingerprint density at radius 3 is 1.41 bits per heavy atom. The van der Waals surface area contributed by atoms with Crippen LogP contribution in [0.1, 0.15) is 372 Å². The fourth-order valence-electron chi connectivity index (χ4n) is 37.3. The highest BCUT2D eigenvalue weighted by Crippen LogP contribution is 2.74. The van der Waals surface area contributed by atoms with Crippen molar-refractivity contribution in [1.82, 2.24) is 10.6 Å². The first-order valence-corrected chi connectivity index (χ1v) is 55.6. The number of amides is 2. The van der Waals surface area contributed by atoms with Crippen molar-refractivity contribution in [1.29, 1.82) is 0 Å². The van der Waals surface area contributed by atoms with Gasteiger partial charge in [0.2, 0.25) is 11.8 Å². The quantitative estimate of drug-likeness (QED) is 0.0189. The van der Waals surface area contributed by atoms with Crippen molar-refractivity contribution in [2.45, 2.75) is 434 Å². The Hall–Kier alpha value is -3.11. The zero-order chi connectivity index (χ0) is 97.1. The van der Waals surface area contributed by atoms with Gasteiger partial charge in [0, 0.05) is 56.4 Å². The topological polar surface area (TPSA) is 263 Å². The van der Waals surface area contributed by atoms with Crippen molar-refractivity contribution in [2.75, 3.05) is 19.5 Å². The van der Waals surface area contributed by atoms with E-state index in [2.05, 4.69) is 99.8 Å². The van der Waals surface area contributed by atoms with Crippen molar-refractivity contribution in [3.8, 4) is 0 Å². The van der Waals surface area contributed by atoms with Gasteiger partial charge < -0.3 is 56.2 Å². The molecule has 20 heteroatoms. The summed E-state index contributed by atoms with van der Waals surface area (Å²) in [5.41, 5.74) is 2.77. The number of aliphatic hydroxyl groups is 8. The molecule has 760 valence electrons. The zero-order valence-electron chi connectivity index (χ0n) is 85.2. The minimum absolute atomic E-state index is 0.117. The lowest BCUT2D eigenvalue weighted by Crippen LogP contribution is -2.68. The predicted octanol–water partition coefficient (Wildman–Crippen LogP) is 22.8. The molecule has 0 heterocycles. The maximum absolute atomic E-state index is 13.0. The van der Waals surface area contributed by atoms with Crippen LogP contribution >= 0.6 is 23.8 Å². The molecule has 0 saturated heterocycles. The van der Waals surface area contributed by atoms with Gasteiger partial charge in [-0.25, -0.2) is 4.79 Å². The van der Waals surface area contributed by atoms with Crippen LogP contribution in [0.3, 0.4) is 0 Å². The van der Waals surface area contributed by atoms with E-state index >= 15 is 0 Å². The van der Waals surface area contributed by atoms with E-state index in [1.807, 2.05) is 37.3 Å². The summed E-state index contributed by atoms with van der Waals surface area (Å²) in [4.78, 5) is 50.5. The summed E-state index contributed by atoms with van der Waals surface area (Å²) in [7, 11) is 1.35. The first kappa shape index (κ1) is 107. The summed E-state index contributed by atoms with van der Waals surface area (Å²) in [6.07, 6.45) is 36.7. The number of ether oxygens (including phenoxy) is 1. The molecule has 10 N–H and O–H groups in total. The van der Waals surface area contributed by atoms with Crippen molar-refractivity contribution in [3.05, 3.63) is 47.5 Å². The second-order valence-electron chi connectivity index (χ2n) is 51.1. The molecule has 40 atom stereocenters. The number of hydrogen-bond acceptors (Lipinski definition) is 14. The maximum Gasteiger partial charge on any atom is 0.391 e. The average molecular weight is 1910 g/mol. The summed E-state index contributed by atoms with van der Waals surface area (Å²) in [6, 6.07) is 8.95. The predicted molar refractivity (Wildman–Crippen MR) is 530 cm³/mol. The smallest absolute Gasteiger partial charge is 0.391 e. The highest BCUT2D eigenvalue weighted by atomic mass is 35.5. The monoisotopic (exact) mass is 1910 g/mol. The van der Waals surface area contributed by atoms with E-state index in [1.165, 1.54) is 103 Å². The van der Waals surface area contributed by atoms with Crippen LogP contribution in [0.25, 0.3) is 0 Å². The number of nitrogens with one attached hydrogen (secondary N) is 2. The Bertz CT molecular complexity index is 4180. The normalized spacial score (nSPS) is 45.1. The van der Waals surface area contributed by atoms with Crippen LogP contribution in [0.15, 0.2) is 42.0 Å². The van der Waals surface area contributed by atoms with Gasteiger partial charge in [0.25, 0.3) is 0 Å². The van der Waals surface area contributed by atoms with Gasteiger partial charge in [-0.1, -0.05) is 157 Å². The number of fused-ring (bicyclic) bond motifs is 20. The van der Waals surface area contributed by atoms with E-state index in [-0.39, 0.29) is 94.1 Å². The van der Waals surface area contributed by atoms with Crippen molar-refractivity contribution >= 4 is 52.3 Å². The maximum atomic E-state index is 13.0. The minimum Gasteiger partial charge on any atom is -0.467 e. The van der Waals surface area contributed by atoms with Crippen LogP contribution in [-0.2, 0) is 30.3 Å². The van der Waals surface area contributed by atoms with E-state index in [0.29, 0.717) is 186 Å². The van der Waals surface area contributed by atoms with Gasteiger partial charge in [-0.15, -0.1) is 11.6 Å². The third kappa shape index (κ3) is 21.0. The number of carbonyl (C=O) groups is 4. The van der Waals surface area contributed by atoms with Crippen LogP contribution in [0.5, 0.6) is 0 Å². The molecule has 1 aromatic rings. The Labute approximate surface area is 815 Å². The number of alkyl halides is 4.